The standard InChI is InChI=1S/C13H26N2O4S/c1-4-13(5-2,10-16)14-12(17)11-6-8-15(9-7-11)20(3,18)19/h11,16H,4-10H2,1-3H3,(H,14,17). The van der Waals surface area contributed by atoms with Crippen LogP contribution in [-0.4, -0.2) is 55.2 Å². The van der Waals surface area contributed by atoms with Crippen LogP contribution in [-0.2, 0) is 14.8 Å². The molecule has 20 heavy (non-hydrogen) atoms. The van der Waals surface area contributed by atoms with Crippen LogP contribution in [0.15, 0.2) is 0 Å². The second-order valence-corrected chi connectivity index (χ2v) is 7.55. The minimum Gasteiger partial charge on any atom is -0.394 e. The van der Waals surface area contributed by atoms with Crippen LogP contribution in [0.4, 0.5) is 0 Å². The maximum atomic E-state index is 12.3. The fourth-order valence-electron chi connectivity index (χ4n) is 2.50. The van der Waals surface area contributed by atoms with Crippen LogP contribution < -0.4 is 5.32 Å². The molecule has 0 radical (unpaired) electrons. The molecule has 0 spiro atoms. The van der Waals surface area contributed by atoms with E-state index in [4.69, 9.17) is 0 Å². The Kier molecular flexibility index (Phi) is 5.97. The van der Waals surface area contributed by atoms with Crippen molar-refractivity contribution in [2.75, 3.05) is 26.0 Å². The van der Waals surface area contributed by atoms with Gasteiger partial charge in [-0.15, -0.1) is 0 Å². The maximum Gasteiger partial charge on any atom is 0.223 e. The summed E-state index contributed by atoms with van der Waals surface area (Å²) in [5, 5.41) is 12.4. The fraction of sp³-hybridized carbons (Fsp3) is 0.923. The Hall–Kier alpha value is -0.660. The molecule has 118 valence electrons. The zero-order valence-corrected chi connectivity index (χ0v) is 13.4. The number of hydrogen-bond donors (Lipinski definition) is 2. The number of nitrogens with zero attached hydrogens (tertiary/aromatic N) is 1. The highest BCUT2D eigenvalue weighted by Gasteiger charge is 2.33. The average molecular weight is 306 g/mol. The van der Waals surface area contributed by atoms with Gasteiger partial charge in [0, 0.05) is 19.0 Å². The summed E-state index contributed by atoms with van der Waals surface area (Å²) in [6.07, 6.45) is 3.61. The van der Waals surface area contributed by atoms with Crippen molar-refractivity contribution in [2.45, 2.75) is 45.1 Å². The normalized spacial score (nSPS) is 19.0. The molecule has 6 nitrogen and oxygen atoms in total. The van der Waals surface area contributed by atoms with Gasteiger partial charge in [0.15, 0.2) is 0 Å². The molecule has 1 fully saturated rings. The lowest BCUT2D eigenvalue weighted by Crippen LogP contribution is -2.53. The maximum absolute atomic E-state index is 12.3. The lowest BCUT2D eigenvalue weighted by molar-refractivity contribution is -0.128. The van der Waals surface area contributed by atoms with E-state index in [2.05, 4.69) is 5.32 Å². The van der Waals surface area contributed by atoms with E-state index in [0.29, 0.717) is 38.8 Å². The first kappa shape index (κ1) is 17.4. The number of piperidine rings is 1. The molecular weight excluding hydrogens is 280 g/mol. The van der Waals surface area contributed by atoms with E-state index in [1.165, 1.54) is 10.6 Å². The van der Waals surface area contributed by atoms with E-state index < -0.39 is 15.6 Å². The number of nitrogens with one attached hydrogen (secondary N) is 1. The van der Waals surface area contributed by atoms with Crippen LogP contribution in [0.25, 0.3) is 0 Å². The van der Waals surface area contributed by atoms with Crippen molar-refractivity contribution in [3.63, 3.8) is 0 Å². The molecule has 0 aliphatic carbocycles. The summed E-state index contributed by atoms with van der Waals surface area (Å²) in [7, 11) is -3.16. The first-order chi connectivity index (χ1) is 9.28. The van der Waals surface area contributed by atoms with Gasteiger partial charge in [-0.1, -0.05) is 13.8 Å². The molecule has 0 aromatic carbocycles. The summed E-state index contributed by atoms with van der Waals surface area (Å²) in [5.41, 5.74) is -0.551. The summed E-state index contributed by atoms with van der Waals surface area (Å²) in [6.45, 7) is 4.58. The predicted octanol–water partition coefficient (Wildman–Crippen LogP) is 0.325. The number of aliphatic hydroxyl groups excluding tert-OH is 1. The third-order valence-electron chi connectivity index (χ3n) is 4.34. The largest absolute Gasteiger partial charge is 0.394 e. The Balaban J connectivity index is 2.59. The van der Waals surface area contributed by atoms with E-state index in [0.717, 1.165) is 0 Å². The van der Waals surface area contributed by atoms with Crippen LogP contribution in [0.2, 0.25) is 0 Å². The highest BCUT2D eigenvalue weighted by molar-refractivity contribution is 7.88. The average Bonchev–Trinajstić information content (AvgIpc) is 2.44. The zero-order valence-electron chi connectivity index (χ0n) is 12.6. The molecule has 7 heteroatoms. The van der Waals surface area contributed by atoms with Crippen LogP contribution in [0.5, 0.6) is 0 Å². The Morgan fingerprint density at radius 1 is 1.30 bits per heavy atom. The zero-order chi connectivity index (χ0) is 15.4. The van der Waals surface area contributed by atoms with Gasteiger partial charge in [0.25, 0.3) is 0 Å². The highest BCUT2D eigenvalue weighted by atomic mass is 32.2. The van der Waals surface area contributed by atoms with Crippen molar-refractivity contribution < 1.29 is 18.3 Å². The van der Waals surface area contributed by atoms with Crippen LogP contribution in [0, 0.1) is 5.92 Å². The van der Waals surface area contributed by atoms with Crippen LogP contribution >= 0.6 is 0 Å². The molecule has 1 saturated heterocycles. The van der Waals surface area contributed by atoms with Gasteiger partial charge in [0.1, 0.15) is 0 Å². The molecule has 0 aromatic heterocycles. The molecule has 0 aromatic rings. The third-order valence-corrected chi connectivity index (χ3v) is 5.64. The molecule has 0 bridgehead atoms. The van der Waals surface area contributed by atoms with Gasteiger partial charge in [-0.05, 0) is 25.7 Å². The van der Waals surface area contributed by atoms with E-state index in [9.17, 15) is 18.3 Å². The lowest BCUT2D eigenvalue weighted by atomic mass is 9.90. The van der Waals surface area contributed by atoms with Crippen molar-refractivity contribution in [1.82, 2.24) is 9.62 Å². The van der Waals surface area contributed by atoms with Gasteiger partial charge >= 0.3 is 0 Å². The number of aliphatic hydroxyl groups is 1. The Morgan fingerprint density at radius 2 is 1.80 bits per heavy atom. The monoisotopic (exact) mass is 306 g/mol. The summed E-state index contributed by atoms with van der Waals surface area (Å²) in [5.74, 6) is -0.243. The Bertz CT molecular complexity index is 415. The molecule has 1 heterocycles. The predicted molar refractivity (Wildman–Crippen MR) is 77.7 cm³/mol. The van der Waals surface area contributed by atoms with Gasteiger partial charge < -0.3 is 10.4 Å². The number of amides is 1. The van der Waals surface area contributed by atoms with Gasteiger partial charge in [0.2, 0.25) is 15.9 Å². The van der Waals surface area contributed by atoms with Gasteiger partial charge in [-0.25, -0.2) is 12.7 Å². The first-order valence-corrected chi connectivity index (χ1v) is 9.01. The SMILES string of the molecule is CCC(CC)(CO)NC(=O)C1CCN(S(C)(=O)=O)CC1. The van der Waals surface area contributed by atoms with E-state index in [1.807, 2.05) is 13.8 Å². The number of sulfonamides is 1. The van der Waals surface area contributed by atoms with Crippen LogP contribution in [0.3, 0.4) is 0 Å². The number of carbonyl (C=O) groups is 1. The van der Waals surface area contributed by atoms with E-state index >= 15 is 0 Å². The molecule has 1 amide bonds. The van der Waals surface area contributed by atoms with E-state index in [-0.39, 0.29) is 18.4 Å². The van der Waals surface area contributed by atoms with Crippen molar-refractivity contribution in [1.29, 1.82) is 0 Å². The third kappa shape index (κ3) is 4.17. The summed E-state index contributed by atoms with van der Waals surface area (Å²) in [4.78, 5) is 12.3. The molecule has 0 unspecified atom stereocenters. The summed E-state index contributed by atoms with van der Waals surface area (Å²) < 4.78 is 24.3. The minimum absolute atomic E-state index is 0.0732. The fourth-order valence-corrected chi connectivity index (χ4v) is 3.38. The second kappa shape index (κ2) is 6.87. The Labute approximate surface area is 121 Å². The molecule has 2 N–H and O–H groups in total. The van der Waals surface area contributed by atoms with Gasteiger partial charge in [-0.3, -0.25) is 4.79 Å². The number of hydrogen-bond acceptors (Lipinski definition) is 4. The second-order valence-electron chi connectivity index (χ2n) is 5.57. The number of carbonyl (C=O) groups excluding carboxylic acids is 1. The van der Waals surface area contributed by atoms with Crippen molar-refractivity contribution in [2.24, 2.45) is 5.92 Å². The molecule has 0 saturated carbocycles. The molecule has 1 aliphatic heterocycles. The van der Waals surface area contributed by atoms with E-state index in [1.54, 1.807) is 0 Å². The summed E-state index contributed by atoms with van der Waals surface area (Å²) in [6, 6.07) is 0. The van der Waals surface area contributed by atoms with Crippen molar-refractivity contribution in [3.8, 4) is 0 Å². The quantitative estimate of drug-likeness (QED) is 0.740. The topological polar surface area (TPSA) is 86.7 Å². The smallest absolute Gasteiger partial charge is 0.223 e. The first-order valence-electron chi connectivity index (χ1n) is 7.16. The van der Waals surface area contributed by atoms with Gasteiger partial charge in [-0.2, -0.15) is 0 Å². The molecule has 1 aliphatic rings. The van der Waals surface area contributed by atoms with Crippen molar-refractivity contribution >= 4 is 15.9 Å². The van der Waals surface area contributed by atoms with Crippen LogP contribution in [0.1, 0.15) is 39.5 Å². The molecular formula is C13H26N2O4S. The molecule has 0 atom stereocenters. The Morgan fingerprint density at radius 3 is 2.15 bits per heavy atom. The highest BCUT2D eigenvalue weighted by Crippen LogP contribution is 2.22. The van der Waals surface area contributed by atoms with Gasteiger partial charge in [0.05, 0.1) is 18.4 Å². The lowest BCUT2D eigenvalue weighted by Gasteiger charge is -2.35. The number of rotatable bonds is 6. The minimum atomic E-state index is -3.16. The van der Waals surface area contributed by atoms with Crippen molar-refractivity contribution in [3.05, 3.63) is 0 Å². The molecule has 1 rings (SSSR count). The summed E-state index contributed by atoms with van der Waals surface area (Å²) >= 11 is 0.